The van der Waals surface area contributed by atoms with Crippen molar-refractivity contribution < 1.29 is 8.42 Å². The summed E-state index contributed by atoms with van der Waals surface area (Å²) >= 11 is 0. The minimum atomic E-state index is -3.58. The molecular weight excluding hydrogens is 384 g/mol. The Bertz CT molecular complexity index is 1160. The fourth-order valence-electron chi connectivity index (χ4n) is 3.82. The maximum atomic E-state index is 12.9. The maximum absolute atomic E-state index is 12.9. The second kappa shape index (κ2) is 8.19. The molecule has 0 spiro atoms. The van der Waals surface area contributed by atoms with E-state index in [0.29, 0.717) is 22.8 Å². The Balaban J connectivity index is 1.41. The lowest BCUT2D eigenvalue weighted by molar-refractivity contribution is 0.400. The summed E-state index contributed by atoms with van der Waals surface area (Å²) in [6.07, 6.45) is 3.39. The van der Waals surface area contributed by atoms with Crippen molar-refractivity contribution in [2.75, 3.05) is 24.5 Å². The van der Waals surface area contributed by atoms with Crippen molar-refractivity contribution in [1.29, 1.82) is 5.26 Å². The lowest BCUT2D eigenvalue weighted by atomic mass is 9.97. The summed E-state index contributed by atoms with van der Waals surface area (Å²) in [4.78, 5) is 6.77. The number of rotatable bonds is 5. The molecule has 148 valence electrons. The monoisotopic (exact) mass is 406 g/mol. The number of fused-ring (bicyclic) bond motifs is 1. The van der Waals surface area contributed by atoms with Crippen molar-refractivity contribution in [2.45, 2.75) is 17.7 Å². The Hall–Kier alpha value is -2.95. The van der Waals surface area contributed by atoms with Crippen LogP contribution in [0.15, 0.2) is 65.7 Å². The van der Waals surface area contributed by atoms with E-state index < -0.39 is 10.0 Å². The first-order valence-corrected chi connectivity index (χ1v) is 11.1. The highest BCUT2D eigenvalue weighted by atomic mass is 32.2. The highest BCUT2D eigenvalue weighted by molar-refractivity contribution is 7.89. The van der Waals surface area contributed by atoms with Gasteiger partial charge >= 0.3 is 0 Å². The van der Waals surface area contributed by atoms with Gasteiger partial charge in [-0.1, -0.05) is 36.4 Å². The third-order valence-corrected chi connectivity index (χ3v) is 6.90. The van der Waals surface area contributed by atoms with Crippen LogP contribution in [0.25, 0.3) is 10.8 Å². The van der Waals surface area contributed by atoms with E-state index in [4.69, 9.17) is 0 Å². The van der Waals surface area contributed by atoms with Crippen molar-refractivity contribution in [3.63, 3.8) is 0 Å². The number of hydrogen-bond donors (Lipinski definition) is 1. The summed E-state index contributed by atoms with van der Waals surface area (Å²) in [6, 6.07) is 18.6. The molecule has 0 aliphatic carbocycles. The first kappa shape index (κ1) is 19.4. The van der Waals surface area contributed by atoms with E-state index >= 15 is 0 Å². The van der Waals surface area contributed by atoms with Crippen LogP contribution in [0, 0.1) is 17.2 Å². The Kier molecular flexibility index (Phi) is 5.47. The number of benzene rings is 2. The molecule has 6 nitrogen and oxygen atoms in total. The second-order valence-electron chi connectivity index (χ2n) is 7.25. The molecule has 0 amide bonds. The number of piperidine rings is 1. The van der Waals surface area contributed by atoms with E-state index in [2.05, 4.69) is 20.7 Å². The topological polar surface area (TPSA) is 86.1 Å². The van der Waals surface area contributed by atoms with Gasteiger partial charge in [0, 0.05) is 31.2 Å². The molecule has 0 unspecified atom stereocenters. The number of sulfonamides is 1. The second-order valence-corrected chi connectivity index (χ2v) is 8.98. The Morgan fingerprint density at radius 2 is 1.83 bits per heavy atom. The van der Waals surface area contributed by atoms with Crippen molar-refractivity contribution in [3.8, 4) is 6.07 Å². The molecule has 2 heterocycles. The predicted octanol–water partition coefficient (Wildman–Crippen LogP) is 3.30. The van der Waals surface area contributed by atoms with Gasteiger partial charge in [0.2, 0.25) is 10.0 Å². The number of nitrogens with zero attached hydrogens (tertiary/aromatic N) is 3. The summed E-state index contributed by atoms with van der Waals surface area (Å²) in [5.41, 5.74) is 0.572. The summed E-state index contributed by atoms with van der Waals surface area (Å²) in [5.74, 6) is 0.968. The largest absolute Gasteiger partial charge is 0.356 e. The van der Waals surface area contributed by atoms with Crippen LogP contribution in [0.5, 0.6) is 0 Å². The molecule has 29 heavy (non-hydrogen) atoms. The van der Waals surface area contributed by atoms with Crippen LogP contribution in [0.3, 0.4) is 0 Å². The molecule has 1 fully saturated rings. The molecule has 0 bridgehead atoms. The normalized spacial score (nSPS) is 15.3. The summed E-state index contributed by atoms with van der Waals surface area (Å²) < 4.78 is 28.6. The van der Waals surface area contributed by atoms with Gasteiger partial charge in [0.15, 0.2) is 0 Å². The van der Waals surface area contributed by atoms with E-state index in [-0.39, 0.29) is 5.92 Å². The van der Waals surface area contributed by atoms with Gasteiger partial charge in [-0.25, -0.2) is 18.1 Å². The van der Waals surface area contributed by atoms with E-state index in [9.17, 15) is 13.7 Å². The van der Waals surface area contributed by atoms with Gasteiger partial charge in [-0.2, -0.15) is 5.26 Å². The predicted molar refractivity (Wildman–Crippen MR) is 113 cm³/mol. The minimum Gasteiger partial charge on any atom is -0.356 e. The fourth-order valence-corrected chi connectivity index (χ4v) is 5.16. The van der Waals surface area contributed by atoms with Crippen molar-refractivity contribution in [2.24, 2.45) is 5.92 Å². The van der Waals surface area contributed by atoms with Crippen LogP contribution in [0.1, 0.15) is 18.4 Å². The molecule has 0 atom stereocenters. The zero-order valence-corrected chi connectivity index (χ0v) is 16.8. The van der Waals surface area contributed by atoms with Crippen molar-refractivity contribution >= 4 is 26.6 Å². The van der Waals surface area contributed by atoms with Crippen LogP contribution in [0.4, 0.5) is 5.82 Å². The SMILES string of the molecule is N#Cc1cccnc1N1CCC(CNS(=O)(=O)c2cccc3ccccc23)CC1. The van der Waals surface area contributed by atoms with Crippen molar-refractivity contribution in [1.82, 2.24) is 9.71 Å². The van der Waals surface area contributed by atoms with Gasteiger partial charge < -0.3 is 4.90 Å². The first-order valence-electron chi connectivity index (χ1n) is 9.66. The summed E-state index contributed by atoms with van der Waals surface area (Å²) in [7, 11) is -3.58. The number of hydrogen-bond acceptors (Lipinski definition) is 5. The van der Waals surface area contributed by atoms with Gasteiger partial charge in [-0.15, -0.1) is 0 Å². The van der Waals surface area contributed by atoms with Gasteiger partial charge in [-0.3, -0.25) is 0 Å². The summed E-state index contributed by atoms with van der Waals surface area (Å²) in [5, 5.41) is 10.9. The molecule has 0 saturated carbocycles. The van der Waals surface area contributed by atoms with Crippen molar-refractivity contribution in [3.05, 3.63) is 66.4 Å². The molecule has 1 aliphatic heterocycles. The lowest BCUT2D eigenvalue weighted by Gasteiger charge is -2.33. The molecule has 1 aliphatic rings. The molecule has 7 heteroatoms. The zero-order valence-electron chi connectivity index (χ0n) is 16.0. The number of pyridine rings is 1. The van der Waals surface area contributed by atoms with Gasteiger partial charge in [0.05, 0.1) is 10.5 Å². The van der Waals surface area contributed by atoms with Gasteiger partial charge in [-0.05, 0) is 42.3 Å². The van der Waals surface area contributed by atoms with E-state index in [1.165, 1.54) is 0 Å². The Morgan fingerprint density at radius 1 is 1.07 bits per heavy atom. The molecule has 2 aromatic carbocycles. The molecule has 1 N–H and O–H groups in total. The lowest BCUT2D eigenvalue weighted by Crippen LogP contribution is -2.39. The average molecular weight is 407 g/mol. The number of anilines is 1. The number of nitrogens with one attached hydrogen (secondary N) is 1. The van der Waals surface area contributed by atoms with Crippen LogP contribution in [-0.2, 0) is 10.0 Å². The standard InChI is InChI=1S/C22H22N4O2S/c23-15-19-7-4-12-24-22(19)26-13-10-17(11-14-26)16-25-29(27,28)21-9-3-6-18-5-1-2-8-20(18)21/h1-9,12,17,25H,10-11,13-14,16H2. The van der Waals surface area contributed by atoms with Crippen LogP contribution >= 0.6 is 0 Å². The highest BCUT2D eigenvalue weighted by Gasteiger charge is 2.24. The third kappa shape index (κ3) is 4.09. The number of nitriles is 1. The first-order chi connectivity index (χ1) is 14.1. The molecule has 1 aromatic heterocycles. The molecular formula is C22H22N4O2S. The van der Waals surface area contributed by atoms with E-state index in [1.54, 1.807) is 30.5 Å². The van der Waals surface area contributed by atoms with E-state index in [1.807, 2.05) is 30.3 Å². The number of aromatic nitrogens is 1. The van der Waals surface area contributed by atoms with Crippen LogP contribution in [-0.4, -0.2) is 33.0 Å². The average Bonchev–Trinajstić information content (AvgIpc) is 2.77. The molecule has 3 aromatic rings. The van der Waals surface area contributed by atoms with Gasteiger partial charge in [0.25, 0.3) is 0 Å². The Labute approximate surface area is 170 Å². The third-order valence-electron chi connectivity index (χ3n) is 5.42. The van der Waals surface area contributed by atoms with Gasteiger partial charge in [0.1, 0.15) is 11.9 Å². The quantitative estimate of drug-likeness (QED) is 0.703. The van der Waals surface area contributed by atoms with Crippen LogP contribution in [0.2, 0.25) is 0 Å². The van der Waals surface area contributed by atoms with Crippen LogP contribution < -0.4 is 9.62 Å². The maximum Gasteiger partial charge on any atom is 0.241 e. The molecule has 0 radical (unpaired) electrons. The zero-order chi connectivity index (χ0) is 20.3. The smallest absolute Gasteiger partial charge is 0.241 e. The molecule has 4 rings (SSSR count). The fraction of sp³-hybridized carbons (Fsp3) is 0.273. The summed E-state index contributed by atoms with van der Waals surface area (Å²) in [6.45, 7) is 1.92. The Morgan fingerprint density at radius 3 is 2.62 bits per heavy atom. The minimum absolute atomic E-state index is 0.255. The molecule has 1 saturated heterocycles. The highest BCUT2D eigenvalue weighted by Crippen LogP contribution is 2.25. The van der Waals surface area contributed by atoms with E-state index in [0.717, 1.165) is 36.7 Å².